The standard InChI is InChI=1S/C17H12F5N5O/c18-10-5-16(6-10,11-3-1-2-4-12(11)19)26-15-23-7-9(8-24-15)13-25-14(28-27-13)17(20,21)22/h1-4,7-8,10H,5-6H2,(H,23,24,26). The number of benzene rings is 1. The Bertz CT molecular complexity index is 982. The van der Waals surface area contributed by atoms with Crippen molar-refractivity contribution in [2.75, 3.05) is 5.32 Å². The molecule has 1 N–H and O–H groups in total. The van der Waals surface area contributed by atoms with Crippen molar-refractivity contribution < 1.29 is 26.5 Å². The van der Waals surface area contributed by atoms with Crippen LogP contribution in [0.5, 0.6) is 0 Å². The van der Waals surface area contributed by atoms with E-state index in [1.807, 2.05) is 0 Å². The molecule has 4 rings (SSSR count). The number of nitrogens with zero attached hydrogens (tertiary/aromatic N) is 4. The number of anilines is 1. The zero-order valence-electron chi connectivity index (χ0n) is 14.0. The lowest BCUT2D eigenvalue weighted by Gasteiger charge is -2.45. The Hall–Kier alpha value is -3.11. The van der Waals surface area contributed by atoms with Crippen molar-refractivity contribution in [3.8, 4) is 11.4 Å². The second-order valence-electron chi connectivity index (χ2n) is 6.41. The average molecular weight is 397 g/mol. The molecule has 0 radical (unpaired) electrons. The highest BCUT2D eigenvalue weighted by atomic mass is 19.4. The van der Waals surface area contributed by atoms with Gasteiger partial charge in [0.2, 0.25) is 11.8 Å². The minimum Gasteiger partial charge on any atom is -0.344 e. The topological polar surface area (TPSA) is 76.7 Å². The SMILES string of the molecule is Fc1ccccc1C1(Nc2ncc(-c3noc(C(F)(F)F)n3)cn2)CC(F)C1. The van der Waals surface area contributed by atoms with Crippen molar-refractivity contribution in [3.63, 3.8) is 0 Å². The van der Waals surface area contributed by atoms with E-state index in [9.17, 15) is 22.0 Å². The molecule has 11 heteroatoms. The van der Waals surface area contributed by atoms with Crippen LogP contribution in [-0.4, -0.2) is 26.3 Å². The van der Waals surface area contributed by atoms with E-state index in [0.29, 0.717) is 5.56 Å². The van der Waals surface area contributed by atoms with E-state index in [1.54, 1.807) is 12.1 Å². The Labute approximate surface area is 154 Å². The lowest BCUT2D eigenvalue weighted by atomic mass is 9.70. The molecule has 0 aliphatic heterocycles. The molecular weight excluding hydrogens is 385 g/mol. The minimum absolute atomic E-state index is 0.0405. The van der Waals surface area contributed by atoms with Crippen molar-refractivity contribution in [3.05, 3.63) is 53.9 Å². The number of rotatable bonds is 4. The summed E-state index contributed by atoms with van der Waals surface area (Å²) in [6.07, 6.45) is -3.38. The van der Waals surface area contributed by atoms with Crippen LogP contribution in [-0.2, 0) is 11.7 Å². The van der Waals surface area contributed by atoms with Gasteiger partial charge in [-0.25, -0.2) is 18.7 Å². The van der Waals surface area contributed by atoms with Crippen LogP contribution in [0.15, 0.2) is 41.2 Å². The fourth-order valence-corrected chi connectivity index (χ4v) is 3.11. The quantitative estimate of drug-likeness (QED) is 0.668. The lowest BCUT2D eigenvalue weighted by molar-refractivity contribution is -0.159. The molecular formula is C17H12F5N5O. The van der Waals surface area contributed by atoms with E-state index in [1.165, 1.54) is 24.5 Å². The van der Waals surface area contributed by atoms with Crippen LogP contribution in [0.2, 0.25) is 0 Å². The van der Waals surface area contributed by atoms with Gasteiger partial charge in [-0.15, -0.1) is 0 Å². The van der Waals surface area contributed by atoms with Gasteiger partial charge in [0.15, 0.2) is 0 Å². The van der Waals surface area contributed by atoms with Crippen LogP contribution >= 0.6 is 0 Å². The first-order valence-corrected chi connectivity index (χ1v) is 8.17. The molecule has 0 bridgehead atoms. The highest BCUT2D eigenvalue weighted by molar-refractivity contribution is 5.53. The predicted molar refractivity (Wildman–Crippen MR) is 86.2 cm³/mol. The van der Waals surface area contributed by atoms with E-state index in [-0.39, 0.29) is 30.2 Å². The second kappa shape index (κ2) is 6.50. The van der Waals surface area contributed by atoms with Crippen LogP contribution in [0, 0.1) is 5.82 Å². The van der Waals surface area contributed by atoms with Crippen LogP contribution in [0.1, 0.15) is 24.3 Å². The predicted octanol–water partition coefficient (Wildman–Crippen LogP) is 4.12. The van der Waals surface area contributed by atoms with Crippen LogP contribution in [0.4, 0.5) is 27.9 Å². The van der Waals surface area contributed by atoms with Crippen molar-refractivity contribution in [2.45, 2.75) is 30.7 Å². The third-order valence-electron chi connectivity index (χ3n) is 4.46. The van der Waals surface area contributed by atoms with E-state index in [2.05, 4.69) is 29.9 Å². The smallest absolute Gasteiger partial charge is 0.344 e. The summed E-state index contributed by atoms with van der Waals surface area (Å²) < 4.78 is 69.6. The molecule has 1 saturated carbocycles. The highest BCUT2D eigenvalue weighted by Gasteiger charge is 2.48. The first-order valence-electron chi connectivity index (χ1n) is 8.17. The molecule has 0 unspecified atom stereocenters. The number of alkyl halides is 4. The summed E-state index contributed by atoms with van der Waals surface area (Å²) in [5.74, 6) is -2.22. The molecule has 0 atom stereocenters. The zero-order valence-corrected chi connectivity index (χ0v) is 14.0. The number of hydrogen-bond acceptors (Lipinski definition) is 6. The molecule has 0 amide bonds. The van der Waals surface area contributed by atoms with Gasteiger partial charge in [0.1, 0.15) is 12.0 Å². The first-order chi connectivity index (χ1) is 13.3. The van der Waals surface area contributed by atoms with Gasteiger partial charge in [-0.1, -0.05) is 23.4 Å². The number of halogens is 5. The summed E-state index contributed by atoms with van der Waals surface area (Å²) in [4.78, 5) is 11.3. The Morgan fingerprint density at radius 2 is 1.79 bits per heavy atom. The fraction of sp³-hybridized carbons (Fsp3) is 0.294. The van der Waals surface area contributed by atoms with Crippen molar-refractivity contribution in [2.24, 2.45) is 0 Å². The summed E-state index contributed by atoms with van der Waals surface area (Å²) in [5, 5.41) is 6.19. The van der Waals surface area contributed by atoms with Gasteiger partial charge in [-0.2, -0.15) is 18.2 Å². The van der Waals surface area contributed by atoms with Gasteiger partial charge < -0.3 is 9.84 Å². The maximum Gasteiger partial charge on any atom is 0.471 e. The molecule has 3 aromatic rings. The first kappa shape index (κ1) is 18.3. The van der Waals surface area contributed by atoms with Gasteiger partial charge in [0.05, 0.1) is 11.1 Å². The summed E-state index contributed by atoms with van der Waals surface area (Å²) in [6, 6.07) is 6.01. The van der Waals surface area contributed by atoms with E-state index >= 15 is 0 Å². The Kier molecular flexibility index (Phi) is 4.24. The molecule has 1 aliphatic carbocycles. The van der Waals surface area contributed by atoms with E-state index < -0.39 is 29.6 Å². The van der Waals surface area contributed by atoms with Crippen LogP contribution < -0.4 is 5.32 Å². The average Bonchev–Trinajstić information content (AvgIpc) is 3.12. The van der Waals surface area contributed by atoms with Crippen LogP contribution in [0.25, 0.3) is 11.4 Å². The molecule has 2 aromatic heterocycles. The van der Waals surface area contributed by atoms with Crippen molar-refractivity contribution >= 4 is 5.95 Å². The molecule has 0 saturated heterocycles. The van der Waals surface area contributed by atoms with Crippen molar-refractivity contribution in [1.29, 1.82) is 0 Å². The van der Waals surface area contributed by atoms with Gasteiger partial charge in [0, 0.05) is 30.8 Å². The highest BCUT2D eigenvalue weighted by Crippen LogP contribution is 2.46. The fourth-order valence-electron chi connectivity index (χ4n) is 3.11. The maximum atomic E-state index is 14.2. The summed E-state index contributed by atoms with van der Waals surface area (Å²) in [6.45, 7) is 0. The van der Waals surface area contributed by atoms with Gasteiger partial charge in [-0.3, -0.25) is 0 Å². The number of nitrogens with one attached hydrogen (secondary N) is 1. The molecule has 0 spiro atoms. The van der Waals surface area contributed by atoms with E-state index in [4.69, 9.17) is 0 Å². The zero-order chi connectivity index (χ0) is 19.9. The third kappa shape index (κ3) is 3.27. The Morgan fingerprint density at radius 1 is 1.11 bits per heavy atom. The van der Waals surface area contributed by atoms with E-state index in [0.717, 1.165) is 0 Å². The molecule has 146 valence electrons. The van der Waals surface area contributed by atoms with Gasteiger partial charge in [-0.05, 0) is 6.07 Å². The number of aromatic nitrogens is 4. The monoisotopic (exact) mass is 397 g/mol. The largest absolute Gasteiger partial charge is 0.471 e. The van der Waals surface area contributed by atoms with Crippen molar-refractivity contribution in [1.82, 2.24) is 20.1 Å². The number of hydrogen-bond donors (Lipinski definition) is 1. The third-order valence-corrected chi connectivity index (χ3v) is 4.46. The maximum absolute atomic E-state index is 14.2. The molecule has 1 aromatic carbocycles. The Morgan fingerprint density at radius 3 is 2.36 bits per heavy atom. The second-order valence-corrected chi connectivity index (χ2v) is 6.41. The normalized spacial score (nSPS) is 22.0. The molecule has 28 heavy (non-hydrogen) atoms. The molecule has 6 nitrogen and oxygen atoms in total. The molecule has 1 fully saturated rings. The summed E-state index contributed by atoms with van der Waals surface area (Å²) in [7, 11) is 0. The molecule has 2 heterocycles. The summed E-state index contributed by atoms with van der Waals surface area (Å²) in [5.41, 5.74) is -0.603. The van der Waals surface area contributed by atoms with Gasteiger partial charge >= 0.3 is 12.1 Å². The summed E-state index contributed by atoms with van der Waals surface area (Å²) >= 11 is 0. The van der Waals surface area contributed by atoms with Gasteiger partial charge in [0.25, 0.3) is 0 Å². The molecule has 1 aliphatic rings. The lowest BCUT2D eigenvalue weighted by Crippen LogP contribution is -2.49. The Balaban J connectivity index is 1.57. The van der Waals surface area contributed by atoms with Crippen LogP contribution in [0.3, 0.4) is 0 Å². The minimum atomic E-state index is -4.76.